The van der Waals surface area contributed by atoms with E-state index >= 15 is 0 Å². The van der Waals surface area contributed by atoms with Crippen LogP contribution in [0.1, 0.15) is 0 Å². The van der Waals surface area contributed by atoms with E-state index in [0.717, 1.165) is 0 Å². The summed E-state index contributed by atoms with van der Waals surface area (Å²) in [5, 5.41) is -0.245. The largest absolute Gasteiger partial charge is 0.354 e. The van der Waals surface area contributed by atoms with E-state index in [0.29, 0.717) is 5.52 Å². The summed E-state index contributed by atoms with van der Waals surface area (Å²) in [5.74, 6) is -0.599. The van der Waals surface area contributed by atoms with Gasteiger partial charge in [0.1, 0.15) is 5.82 Å². The summed E-state index contributed by atoms with van der Waals surface area (Å²) in [4.78, 5) is 55.8. The number of benzene rings is 2. The van der Waals surface area contributed by atoms with Gasteiger partial charge in [0.2, 0.25) is 0 Å². The lowest BCUT2D eigenvalue weighted by Crippen LogP contribution is -2.08. The lowest BCUT2D eigenvalue weighted by atomic mass is 10.0. The molecule has 7 nitrogen and oxygen atoms in total. The summed E-state index contributed by atoms with van der Waals surface area (Å²) in [6.07, 6.45) is 0. The molecule has 0 radical (unpaired) electrons. The fraction of sp³-hybridized carbons (Fsp3) is 0. The molecule has 0 fully saturated rings. The second-order valence-electron chi connectivity index (χ2n) is 5.60. The Morgan fingerprint density at radius 2 is 1.17 bits per heavy atom. The molecule has 0 aliphatic heterocycles. The second kappa shape index (κ2) is 3.85. The summed E-state index contributed by atoms with van der Waals surface area (Å²) < 4.78 is 14.4. The zero-order valence-corrected chi connectivity index (χ0v) is 11.7. The predicted molar refractivity (Wildman–Crippen MR) is 86.9 cm³/mol. The molecule has 0 aliphatic carbocycles. The van der Waals surface area contributed by atoms with Crippen molar-refractivity contribution in [1.82, 2.24) is 15.0 Å². The van der Waals surface area contributed by atoms with E-state index in [1.807, 2.05) is 0 Å². The average molecular weight is 323 g/mol. The molecule has 0 unspecified atom stereocenters. The van der Waals surface area contributed by atoms with Crippen LogP contribution < -0.4 is 22.2 Å². The normalized spacial score (nSPS) is 12.2. The maximum absolute atomic E-state index is 14.4. The van der Waals surface area contributed by atoms with E-state index in [-0.39, 0.29) is 37.8 Å². The van der Waals surface area contributed by atoms with Gasteiger partial charge in [0.15, 0.2) is 0 Å². The molecule has 0 saturated heterocycles. The Labute approximate surface area is 129 Å². The van der Waals surface area contributed by atoms with Crippen LogP contribution in [0.25, 0.3) is 43.4 Å². The standard InChI is InChI=1S/C16H6FN3O4/c17-4-2-1-3-5-6(4)7-8-9(14(22)19-13(8)21)10-11(12(7)18-5)16(24)20-15(10)23/h1-3,18H,(H,19,21,22)(H,20,23,24). The van der Waals surface area contributed by atoms with Crippen molar-refractivity contribution in [3.8, 4) is 0 Å². The molecule has 3 heterocycles. The first-order valence-corrected chi connectivity index (χ1v) is 7.00. The van der Waals surface area contributed by atoms with Gasteiger partial charge in [-0.1, -0.05) is 6.07 Å². The van der Waals surface area contributed by atoms with Crippen LogP contribution in [0.5, 0.6) is 0 Å². The maximum atomic E-state index is 14.4. The van der Waals surface area contributed by atoms with Crippen LogP contribution in [0.3, 0.4) is 0 Å². The Balaban J connectivity index is 2.41. The van der Waals surface area contributed by atoms with Crippen LogP contribution in [0.15, 0.2) is 37.4 Å². The van der Waals surface area contributed by atoms with E-state index in [1.54, 1.807) is 6.07 Å². The van der Waals surface area contributed by atoms with Crippen molar-refractivity contribution in [2.75, 3.05) is 0 Å². The van der Waals surface area contributed by atoms with E-state index in [2.05, 4.69) is 15.0 Å². The van der Waals surface area contributed by atoms with Crippen LogP contribution in [-0.2, 0) is 0 Å². The number of nitrogens with one attached hydrogen (secondary N) is 3. The van der Waals surface area contributed by atoms with Crippen molar-refractivity contribution in [2.45, 2.75) is 0 Å². The molecule has 0 spiro atoms. The highest BCUT2D eigenvalue weighted by atomic mass is 19.1. The van der Waals surface area contributed by atoms with Gasteiger partial charge in [0.25, 0.3) is 22.2 Å². The first kappa shape index (κ1) is 12.9. The van der Waals surface area contributed by atoms with Crippen LogP contribution >= 0.6 is 0 Å². The molecule has 0 atom stereocenters. The minimum absolute atomic E-state index is 0.0470. The van der Waals surface area contributed by atoms with Gasteiger partial charge in [-0.3, -0.25) is 29.1 Å². The van der Waals surface area contributed by atoms with E-state index in [1.165, 1.54) is 12.1 Å². The van der Waals surface area contributed by atoms with Crippen LogP contribution in [-0.4, -0.2) is 15.0 Å². The Kier molecular flexibility index (Phi) is 2.08. The fourth-order valence-electron chi connectivity index (χ4n) is 3.51. The van der Waals surface area contributed by atoms with Crippen molar-refractivity contribution in [2.24, 2.45) is 0 Å². The summed E-state index contributed by atoms with van der Waals surface area (Å²) in [6, 6.07) is 4.28. The molecule has 2 aromatic carbocycles. The molecular weight excluding hydrogens is 317 g/mol. The molecule has 0 aliphatic rings. The maximum Gasteiger partial charge on any atom is 0.261 e. The van der Waals surface area contributed by atoms with Gasteiger partial charge in [0.05, 0.1) is 27.1 Å². The van der Waals surface area contributed by atoms with Gasteiger partial charge in [-0.2, -0.15) is 0 Å². The molecule has 116 valence electrons. The van der Waals surface area contributed by atoms with Gasteiger partial charge in [-0.05, 0) is 12.1 Å². The number of fused-ring (bicyclic) bond motifs is 8. The average Bonchev–Trinajstić information content (AvgIpc) is 3.13. The van der Waals surface area contributed by atoms with Gasteiger partial charge >= 0.3 is 0 Å². The van der Waals surface area contributed by atoms with Crippen molar-refractivity contribution in [3.05, 3.63) is 65.4 Å². The molecule has 24 heavy (non-hydrogen) atoms. The lowest BCUT2D eigenvalue weighted by molar-refractivity contribution is 0.640. The molecular formula is C16H6FN3O4. The number of hydrogen-bond acceptors (Lipinski definition) is 4. The van der Waals surface area contributed by atoms with Crippen LogP contribution in [0, 0.1) is 5.82 Å². The number of aromatic nitrogens is 3. The zero-order chi connectivity index (χ0) is 16.7. The van der Waals surface area contributed by atoms with Gasteiger partial charge in [0, 0.05) is 16.3 Å². The molecule has 5 aromatic rings. The van der Waals surface area contributed by atoms with Crippen LogP contribution in [0.2, 0.25) is 0 Å². The minimum atomic E-state index is -0.774. The minimum Gasteiger partial charge on any atom is -0.354 e. The number of halogens is 1. The Morgan fingerprint density at radius 3 is 1.83 bits per heavy atom. The Morgan fingerprint density at radius 1 is 0.625 bits per heavy atom. The number of rotatable bonds is 0. The molecule has 3 N–H and O–H groups in total. The molecule has 0 saturated carbocycles. The number of hydrogen-bond donors (Lipinski definition) is 3. The first-order valence-electron chi connectivity index (χ1n) is 7.00. The third-order valence-corrected chi connectivity index (χ3v) is 4.39. The number of aromatic amines is 3. The molecule has 0 amide bonds. The van der Waals surface area contributed by atoms with Crippen LogP contribution in [0.4, 0.5) is 4.39 Å². The summed E-state index contributed by atoms with van der Waals surface area (Å²) in [6.45, 7) is 0. The van der Waals surface area contributed by atoms with E-state index in [9.17, 15) is 23.6 Å². The van der Waals surface area contributed by atoms with Crippen molar-refractivity contribution < 1.29 is 4.39 Å². The molecule has 5 rings (SSSR count). The third kappa shape index (κ3) is 1.27. The molecule has 3 aromatic heterocycles. The SMILES string of the molecule is O=c1[nH]c(=O)c2c1c1[nH]c3cccc(F)c3c1c1c(=O)[nH]c(=O)c21. The fourth-order valence-corrected chi connectivity index (χ4v) is 3.51. The summed E-state index contributed by atoms with van der Waals surface area (Å²) in [7, 11) is 0. The van der Waals surface area contributed by atoms with Crippen molar-refractivity contribution in [1.29, 1.82) is 0 Å². The topological polar surface area (TPSA) is 116 Å². The third-order valence-electron chi connectivity index (χ3n) is 4.39. The zero-order valence-electron chi connectivity index (χ0n) is 11.7. The highest BCUT2D eigenvalue weighted by molar-refractivity contribution is 6.31. The van der Waals surface area contributed by atoms with Crippen molar-refractivity contribution in [3.63, 3.8) is 0 Å². The number of H-pyrrole nitrogens is 3. The van der Waals surface area contributed by atoms with E-state index in [4.69, 9.17) is 0 Å². The highest BCUT2D eigenvalue weighted by Gasteiger charge is 2.24. The molecule has 0 bridgehead atoms. The molecule has 8 heteroatoms. The van der Waals surface area contributed by atoms with Crippen molar-refractivity contribution >= 4 is 43.4 Å². The van der Waals surface area contributed by atoms with Gasteiger partial charge < -0.3 is 4.98 Å². The van der Waals surface area contributed by atoms with Gasteiger partial charge in [-0.25, -0.2) is 4.39 Å². The first-order chi connectivity index (χ1) is 11.5. The highest BCUT2D eigenvalue weighted by Crippen LogP contribution is 2.35. The predicted octanol–water partition coefficient (Wildman–Crippen LogP) is 0.739. The summed E-state index contributed by atoms with van der Waals surface area (Å²) >= 11 is 0. The second-order valence-corrected chi connectivity index (χ2v) is 5.60. The quantitative estimate of drug-likeness (QED) is 0.390. The smallest absolute Gasteiger partial charge is 0.261 e. The Bertz CT molecular complexity index is 1540. The Hall–Kier alpha value is -3.55. The monoisotopic (exact) mass is 323 g/mol. The lowest BCUT2D eigenvalue weighted by Gasteiger charge is -1.96. The summed E-state index contributed by atoms with van der Waals surface area (Å²) in [5.41, 5.74) is -2.42. The van der Waals surface area contributed by atoms with Gasteiger partial charge in [-0.15, -0.1) is 0 Å². The van der Waals surface area contributed by atoms with E-state index < -0.39 is 28.1 Å².